The van der Waals surface area contributed by atoms with Gasteiger partial charge in [0.05, 0.1) is 5.56 Å². The number of ether oxygens (including phenoxy) is 1. The zero-order valence-corrected chi connectivity index (χ0v) is 14.3. The molecule has 3 aromatic rings. The van der Waals surface area contributed by atoms with Gasteiger partial charge in [0, 0.05) is 0 Å². The van der Waals surface area contributed by atoms with E-state index >= 15 is 0 Å². The summed E-state index contributed by atoms with van der Waals surface area (Å²) in [6.07, 6.45) is 0. The monoisotopic (exact) mass is 366 g/mol. The van der Waals surface area contributed by atoms with Gasteiger partial charge in [-0.25, -0.2) is 9.59 Å². The average molecular weight is 366 g/mol. The molecule has 0 radical (unpaired) electrons. The molecule has 3 rings (SSSR count). The summed E-state index contributed by atoms with van der Waals surface area (Å²) in [5.74, 6) is -1.58. The number of phenols is 2. The number of para-hydroxylation sites is 1. The van der Waals surface area contributed by atoms with Crippen LogP contribution in [0.25, 0.3) is 0 Å². The lowest BCUT2D eigenvalue weighted by Crippen LogP contribution is -2.04. The van der Waals surface area contributed by atoms with Crippen molar-refractivity contribution < 1.29 is 29.6 Å². The SMILES string of the molecule is O=C(O)c1ccccc1O.O=C(OCc1ccccc1)c1ccc(O)cc1. The van der Waals surface area contributed by atoms with Gasteiger partial charge < -0.3 is 20.1 Å². The molecule has 0 spiro atoms. The van der Waals surface area contributed by atoms with Gasteiger partial charge in [-0.2, -0.15) is 0 Å². The number of aromatic carboxylic acids is 1. The van der Waals surface area contributed by atoms with Crippen LogP contribution in [0.15, 0.2) is 78.9 Å². The normalized spacial score (nSPS) is 9.63. The van der Waals surface area contributed by atoms with Gasteiger partial charge in [-0.3, -0.25) is 0 Å². The first-order valence-electron chi connectivity index (χ1n) is 7.98. The van der Waals surface area contributed by atoms with E-state index in [1.807, 2.05) is 30.3 Å². The maximum Gasteiger partial charge on any atom is 0.339 e. The van der Waals surface area contributed by atoms with Crippen molar-refractivity contribution in [2.75, 3.05) is 0 Å². The van der Waals surface area contributed by atoms with Crippen LogP contribution in [0, 0.1) is 0 Å². The lowest BCUT2D eigenvalue weighted by molar-refractivity contribution is 0.0472. The molecule has 0 fully saturated rings. The van der Waals surface area contributed by atoms with E-state index in [1.165, 1.54) is 36.4 Å². The summed E-state index contributed by atoms with van der Waals surface area (Å²) < 4.78 is 5.13. The van der Waals surface area contributed by atoms with Crippen molar-refractivity contribution in [2.24, 2.45) is 0 Å². The Morgan fingerprint density at radius 3 is 1.93 bits per heavy atom. The molecule has 0 bridgehead atoms. The number of rotatable bonds is 4. The Kier molecular flexibility index (Phi) is 6.96. The predicted octanol–water partition coefficient (Wildman–Crippen LogP) is 3.84. The third kappa shape index (κ3) is 6.21. The second-order valence-electron chi connectivity index (χ2n) is 5.43. The van der Waals surface area contributed by atoms with E-state index in [4.69, 9.17) is 20.1 Å². The number of carbonyl (C=O) groups is 2. The molecule has 138 valence electrons. The minimum atomic E-state index is -1.11. The van der Waals surface area contributed by atoms with Crippen molar-refractivity contribution in [1.82, 2.24) is 0 Å². The van der Waals surface area contributed by atoms with Crippen LogP contribution in [0.5, 0.6) is 11.5 Å². The van der Waals surface area contributed by atoms with Crippen molar-refractivity contribution in [3.8, 4) is 11.5 Å². The largest absolute Gasteiger partial charge is 0.508 e. The summed E-state index contributed by atoms with van der Waals surface area (Å²) in [4.78, 5) is 21.9. The smallest absolute Gasteiger partial charge is 0.339 e. The summed E-state index contributed by atoms with van der Waals surface area (Å²) >= 11 is 0. The van der Waals surface area contributed by atoms with Crippen LogP contribution in [0.3, 0.4) is 0 Å². The summed E-state index contributed by atoms with van der Waals surface area (Å²) in [6, 6.07) is 21.3. The number of carboxylic acids is 1. The first-order chi connectivity index (χ1) is 13.0. The molecule has 0 aliphatic rings. The van der Waals surface area contributed by atoms with Gasteiger partial charge in [0.25, 0.3) is 0 Å². The van der Waals surface area contributed by atoms with Crippen LogP contribution in [-0.4, -0.2) is 27.3 Å². The van der Waals surface area contributed by atoms with E-state index in [9.17, 15) is 9.59 Å². The van der Waals surface area contributed by atoms with E-state index in [0.29, 0.717) is 5.56 Å². The highest BCUT2D eigenvalue weighted by molar-refractivity contribution is 5.90. The molecule has 0 atom stereocenters. The number of carboxylic acid groups (broad SMARTS) is 1. The number of esters is 1. The maximum atomic E-state index is 11.6. The third-order valence-corrected chi connectivity index (χ3v) is 3.45. The summed E-state index contributed by atoms with van der Waals surface area (Å²) in [6.45, 7) is 0.251. The fourth-order valence-corrected chi connectivity index (χ4v) is 2.06. The minimum Gasteiger partial charge on any atom is -0.508 e. The number of phenolic OH excluding ortho intramolecular Hbond substituents is 1. The molecule has 3 aromatic carbocycles. The Hall–Kier alpha value is -3.80. The number of hydrogen-bond donors (Lipinski definition) is 3. The summed E-state index contributed by atoms with van der Waals surface area (Å²) in [5.41, 5.74) is 1.31. The Labute approximate surface area is 155 Å². The zero-order valence-electron chi connectivity index (χ0n) is 14.3. The van der Waals surface area contributed by atoms with Gasteiger partial charge in [-0.05, 0) is 42.0 Å². The molecule has 0 saturated carbocycles. The number of aromatic hydroxyl groups is 2. The highest BCUT2D eigenvalue weighted by atomic mass is 16.5. The molecular formula is C21H18O6. The number of carbonyl (C=O) groups excluding carboxylic acids is 1. The first kappa shape index (κ1) is 19.5. The highest BCUT2D eigenvalue weighted by Gasteiger charge is 2.07. The average Bonchev–Trinajstić information content (AvgIpc) is 2.68. The highest BCUT2D eigenvalue weighted by Crippen LogP contribution is 2.14. The molecule has 0 amide bonds. The topological polar surface area (TPSA) is 104 Å². The molecule has 0 aliphatic heterocycles. The van der Waals surface area contributed by atoms with Crippen molar-refractivity contribution >= 4 is 11.9 Å². The van der Waals surface area contributed by atoms with E-state index in [2.05, 4.69) is 0 Å². The Morgan fingerprint density at radius 2 is 1.37 bits per heavy atom. The van der Waals surface area contributed by atoms with Crippen molar-refractivity contribution in [3.05, 3.63) is 95.6 Å². The lowest BCUT2D eigenvalue weighted by atomic mass is 10.2. The van der Waals surface area contributed by atoms with Gasteiger partial charge >= 0.3 is 11.9 Å². The van der Waals surface area contributed by atoms with Gasteiger partial charge in [0.2, 0.25) is 0 Å². The molecule has 0 heterocycles. The predicted molar refractivity (Wildman–Crippen MR) is 98.7 cm³/mol. The van der Waals surface area contributed by atoms with Crippen LogP contribution in [-0.2, 0) is 11.3 Å². The Bertz CT molecular complexity index is 888. The fourth-order valence-electron chi connectivity index (χ4n) is 2.06. The molecule has 6 heteroatoms. The maximum absolute atomic E-state index is 11.6. The summed E-state index contributed by atoms with van der Waals surface area (Å²) in [5, 5.41) is 26.4. The van der Waals surface area contributed by atoms with Crippen molar-refractivity contribution in [1.29, 1.82) is 0 Å². The standard InChI is InChI=1S/C14H12O3.C7H6O3/c15-13-8-6-12(7-9-13)14(16)17-10-11-4-2-1-3-5-11;8-6-4-2-1-3-5(6)7(9)10/h1-9,15H,10H2;1-4,8H,(H,9,10). The molecule has 3 N–H and O–H groups in total. The Morgan fingerprint density at radius 1 is 0.778 bits per heavy atom. The molecule has 0 aliphatic carbocycles. The Balaban J connectivity index is 0.000000223. The number of benzene rings is 3. The third-order valence-electron chi connectivity index (χ3n) is 3.45. The van der Waals surface area contributed by atoms with Crippen LogP contribution >= 0.6 is 0 Å². The summed E-state index contributed by atoms with van der Waals surface area (Å²) in [7, 11) is 0. The van der Waals surface area contributed by atoms with E-state index in [1.54, 1.807) is 12.1 Å². The van der Waals surface area contributed by atoms with Gasteiger partial charge in [0.15, 0.2) is 0 Å². The van der Waals surface area contributed by atoms with Crippen LogP contribution < -0.4 is 0 Å². The van der Waals surface area contributed by atoms with Gasteiger partial charge in [0.1, 0.15) is 23.7 Å². The van der Waals surface area contributed by atoms with Gasteiger partial charge in [-0.15, -0.1) is 0 Å². The number of hydrogen-bond acceptors (Lipinski definition) is 5. The van der Waals surface area contributed by atoms with Crippen LogP contribution in [0.4, 0.5) is 0 Å². The molecule has 6 nitrogen and oxygen atoms in total. The lowest BCUT2D eigenvalue weighted by Gasteiger charge is -2.04. The zero-order chi connectivity index (χ0) is 19.6. The quantitative estimate of drug-likeness (QED) is 0.606. The van der Waals surface area contributed by atoms with Crippen molar-refractivity contribution in [3.63, 3.8) is 0 Å². The van der Waals surface area contributed by atoms with Crippen LogP contribution in [0.1, 0.15) is 26.3 Å². The second kappa shape index (κ2) is 9.62. The molecular weight excluding hydrogens is 348 g/mol. The van der Waals surface area contributed by atoms with Crippen LogP contribution in [0.2, 0.25) is 0 Å². The fraction of sp³-hybridized carbons (Fsp3) is 0.0476. The first-order valence-corrected chi connectivity index (χ1v) is 7.98. The van der Waals surface area contributed by atoms with Crippen molar-refractivity contribution in [2.45, 2.75) is 6.61 Å². The van der Waals surface area contributed by atoms with Gasteiger partial charge in [-0.1, -0.05) is 42.5 Å². The van der Waals surface area contributed by atoms with E-state index < -0.39 is 11.9 Å². The molecule has 0 aromatic heterocycles. The molecule has 0 saturated heterocycles. The molecule has 27 heavy (non-hydrogen) atoms. The van der Waals surface area contributed by atoms with E-state index in [0.717, 1.165) is 5.56 Å². The molecule has 0 unspecified atom stereocenters. The van der Waals surface area contributed by atoms with E-state index in [-0.39, 0.29) is 23.7 Å². The second-order valence-corrected chi connectivity index (χ2v) is 5.43. The minimum absolute atomic E-state index is 0.0671.